The number of hydrogen-bond acceptors (Lipinski definition) is 6. The van der Waals surface area contributed by atoms with Crippen LogP contribution in [0.25, 0.3) is 22.2 Å². The zero-order valence-electron chi connectivity index (χ0n) is 17.5. The molecule has 3 aromatic heterocycles. The molecule has 0 saturated heterocycles. The largest absolute Gasteiger partial charge is 0.512 e. The van der Waals surface area contributed by atoms with E-state index in [1.165, 1.54) is 17.5 Å². The van der Waals surface area contributed by atoms with Crippen LogP contribution in [0.4, 0.5) is 10.5 Å². The van der Waals surface area contributed by atoms with Crippen LogP contribution in [-0.2, 0) is 15.4 Å². The highest BCUT2D eigenvalue weighted by molar-refractivity contribution is 7.92. The van der Waals surface area contributed by atoms with E-state index in [4.69, 9.17) is 9.84 Å². The summed E-state index contributed by atoms with van der Waals surface area (Å²) in [5, 5.41) is 13.3. The van der Waals surface area contributed by atoms with Crippen LogP contribution in [-0.4, -0.2) is 29.6 Å². The van der Waals surface area contributed by atoms with Gasteiger partial charge in [0.15, 0.2) is 0 Å². The maximum Gasteiger partial charge on any atom is 0.512 e. The second kappa shape index (κ2) is 7.95. The van der Waals surface area contributed by atoms with E-state index in [-0.39, 0.29) is 21.9 Å². The Balaban J connectivity index is 1.72. The number of thiophene rings is 1. The average molecular weight is 472 g/mol. The monoisotopic (exact) mass is 471 g/mol. The first-order valence-corrected chi connectivity index (χ1v) is 12.1. The molecule has 0 atom stereocenters. The lowest BCUT2D eigenvalue weighted by atomic mass is 9.87. The molecule has 0 radical (unpaired) electrons. The number of H-pyrrole nitrogens is 1. The predicted molar refractivity (Wildman–Crippen MR) is 124 cm³/mol. The van der Waals surface area contributed by atoms with Gasteiger partial charge < -0.3 is 14.8 Å². The van der Waals surface area contributed by atoms with Crippen LogP contribution in [0, 0.1) is 0 Å². The molecule has 0 amide bonds. The number of hydrogen-bond donors (Lipinski definition) is 3. The number of sulfonamides is 1. The Morgan fingerprint density at radius 1 is 1.19 bits per heavy atom. The molecule has 32 heavy (non-hydrogen) atoms. The first kappa shape index (κ1) is 21.8. The summed E-state index contributed by atoms with van der Waals surface area (Å²) in [5.41, 5.74) is 2.78. The van der Waals surface area contributed by atoms with Crippen LogP contribution in [0.5, 0.6) is 5.88 Å². The Morgan fingerprint density at radius 2 is 1.91 bits per heavy atom. The zero-order valence-corrected chi connectivity index (χ0v) is 19.2. The van der Waals surface area contributed by atoms with E-state index >= 15 is 0 Å². The third-order valence-corrected chi connectivity index (χ3v) is 6.98. The van der Waals surface area contributed by atoms with E-state index < -0.39 is 16.2 Å². The number of rotatable bonds is 5. The standard InChI is InChI=1S/C22H21N3O5S2/c1-22(2,3)14-4-6-16(7-5-14)32(28,29)25-15-10-17-18(13-8-9-31-12-13)20(30-21(26)27)24-19(17)23-11-15/h4-12,25H,1-3H3,(H,23,24)(H,26,27). The van der Waals surface area contributed by atoms with Crippen molar-refractivity contribution >= 4 is 44.2 Å². The fourth-order valence-electron chi connectivity index (χ4n) is 3.31. The number of benzene rings is 1. The highest BCUT2D eigenvalue weighted by Crippen LogP contribution is 2.39. The molecule has 0 aliphatic rings. The second-order valence-electron chi connectivity index (χ2n) is 8.21. The fraction of sp³-hybridized carbons (Fsp3) is 0.182. The maximum atomic E-state index is 12.9. The van der Waals surface area contributed by atoms with Crippen molar-refractivity contribution in [1.29, 1.82) is 0 Å². The van der Waals surface area contributed by atoms with E-state index in [1.54, 1.807) is 30.3 Å². The number of aromatic nitrogens is 2. The van der Waals surface area contributed by atoms with Crippen LogP contribution in [0.3, 0.4) is 0 Å². The molecular formula is C22H21N3O5S2. The van der Waals surface area contributed by atoms with Crippen molar-refractivity contribution in [2.45, 2.75) is 31.1 Å². The minimum absolute atomic E-state index is 0.0242. The third kappa shape index (κ3) is 4.32. The highest BCUT2D eigenvalue weighted by atomic mass is 32.2. The van der Waals surface area contributed by atoms with Gasteiger partial charge in [-0.25, -0.2) is 18.2 Å². The molecular weight excluding hydrogens is 450 g/mol. The molecule has 1 aromatic carbocycles. The lowest BCUT2D eigenvalue weighted by Gasteiger charge is -2.19. The van der Waals surface area contributed by atoms with Gasteiger partial charge in [0.25, 0.3) is 10.0 Å². The summed E-state index contributed by atoms with van der Waals surface area (Å²) in [5.74, 6) is 0.0242. The molecule has 4 aromatic rings. The molecule has 0 fully saturated rings. The van der Waals surface area contributed by atoms with Gasteiger partial charge in [0.2, 0.25) is 5.88 Å². The zero-order chi connectivity index (χ0) is 23.1. The maximum absolute atomic E-state index is 12.9. The molecule has 0 saturated carbocycles. The molecule has 8 nitrogen and oxygen atoms in total. The molecule has 0 unspecified atom stereocenters. The van der Waals surface area contributed by atoms with Crippen molar-refractivity contribution in [3.05, 3.63) is 58.9 Å². The normalized spacial score (nSPS) is 12.1. The average Bonchev–Trinajstić information content (AvgIpc) is 3.33. The molecule has 10 heteroatoms. The van der Waals surface area contributed by atoms with E-state index in [2.05, 4.69) is 35.5 Å². The van der Waals surface area contributed by atoms with Gasteiger partial charge in [0.05, 0.1) is 22.3 Å². The summed E-state index contributed by atoms with van der Waals surface area (Å²) in [4.78, 5) is 18.3. The molecule has 3 heterocycles. The summed E-state index contributed by atoms with van der Waals surface area (Å²) in [7, 11) is -3.85. The molecule has 3 N–H and O–H groups in total. The number of carbonyl (C=O) groups is 1. The van der Waals surface area contributed by atoms with Crippen LogP contribution in [0.2, 0.25) is 0 Å². The Kier molecular flexibility index (Phi) is 5.43. The van der Waals surface area contributed by atoms with Gasteiger partial charge in [-0.15, -0.1) is 0 Å². The van der Waals surface area contributed by atoms with E-state index in [0.29, 0.717) is 16.6 Å². The van der Waals surface area contributed by atoms with Crippen molar-refractivity contribution in [3.63, 3.8) is 0 Å². The Bertz CT molecular complexity index is 1380. The number of carboxylic acid groups (broad SMARTS) is 1. The van der Waals surface area contributed by atoms with Crippen molar-refractivity contribution < 1.29 is 23.1 Å². The lowest BCUT2D eigenvalue weighted by molar-refractivity contribution is 0.143. The number of nitrogens with zero attached hydrogens (tertiary/aromatic N) is 1. The first-order chi connectivity index (χ1) is 15.0. The molecule has 0 aliphatic heterocycles. The summed E-state index contributed by atoms with van der Waals surface area (Å²) >= 11 is 1.44. The van der Waals surface area contributed by atoms with E-state index in [9.17, 15) is 13.2 Å². The van der Waals surface area contributed by atoms with Crippen LogP contribution < -0.4 is 9.46 Å². The van der Waals surface area contributed by atoms with Gasteiger partial charge in [-0.3, -0.25) is 4.72 Å². The highest BCUT2D eigenvalue weighted by Gasteiger charge is 2.21. The minimum Gasteiger partial charge on any atom is -0.449 e. The van der Waals surface area contributed by atoms with Crippen LogP contribution in [0.1, 0.15) is 26.3 Å². The third-order valence-electron chi connectivity index (χ3n) is 4.90. The number of aromatic amines is 1. The number of anilines is 1. The Labute approximate surface area is 189 Å². The van der Waals surface area contributed by atoms with Gasteiger partial charge in [-0.2, -0.15) is 11.3 Å². The van der Waals surface area contributed by atoms with Gasteiger partial charge in [-0.05, 0) is 51.6 Å². The van der Waals surface area contributed by atoms with Crippen molar-refractivity contribution in [2.24, 2.45) is 0 Å². The van der Waals surface area contributed by atoms with Crippen molar-refractivity contribution in [1.82, 2.24) is 9.97 Å². The van der Waals surface area contributed by atoms with E-state index in [1.807, 2.05) is 16.8 Å². The number of nitrogens with one attached hydrogen (secondary N) is 2. The molecule has 0 spiro atoms. The fourth-order valence-corrected chi connectivity index (χ4v) is 4.99. The number of fused-ring (bicyclic) bond motifs is 1. The van der Waals surface area contributed by atoms with Gasteiger partial charge >= 0.3 is 6.16 Å². The minimum atomic E-state index is -3.85. The molecule has 166 valence electrons. The molecule has 4 rings (SSSR count). The Hall–Kier alpha value is -3.37. The van der Waals surface area contributed by atoms with Crippen LogP contribution in [0.15, 0.2) is 58.3 Å². The Morgan fingerprint density at radius 3 is 2.50 bits per heavy atom. The number of ether oxygens (including phenoxy) is 1. The van der Waals surface area contributed by atoms with Gasteiger partial charge in [0, 0.05) is 5.39 Å². The van der Waals surface area contributed by atoms with Crippen LogP contribution >= 0.6 is 11.3 Å². The topological polar surface area (TPSA) is 121 Å². The molecule has 0 bridgehead atoms. The summed E-state index contributed by atoms with van der Waals surface area (Å²) in [6.45, 7) is 6.17. The van der Waals surface area contributed by atoms with E-state index in [0.717, 1.165) is 11.1 Å². The van der Waals surface area contributed by atoms with Gasteiger partial charge in [0.1, 0.15) is 5.65 Å². The summed E-state index contributed by atoms with van der Waals surface area (Å²) < 4.78 is 33.3. The molecule has 0 aliphatic carbocycles. The summed E-state index contributed by atoms with van der Waals surface area (Å²) in [6, 6.07) is 10.2. The lowest BCUT2D eigenvalue weighted by Crippen LogP contribution is -2.15. The smallest absolute Gasteiger partial charge is 0.449 e. The SMILES string of the molecule is CC(C)(C)c1ccc(S(=O)(=O)Nc2cnc3[nH]c(OC(=O)O)c(-c4ccsc4)c3c2)cc1. The van der Waals surface area contributed by atoms with Crippen molar-refractivity contribution in [2.75, 3.05) is 4.72 Å². The quantitative estimate of drug-likeness (QED) is 0.333. The van der Waals surface area contributed by atoms with Crippen molar-refractivity contribution in [3.8, 4) is 17.0 Å². The number of pyridine rings is 1. The first-order valence-electron chi connectivity index (χ1n) is 9.63. The predicted octanol–water partition coefficient (Wildman–Crippen LogP) is 5.45. The summed E-state index contributed by atoms with van der Waals surface area (Å²) in [6.07, 6.45) is -0.102. The second-order valence-corrected chi connectivity index (χ2v) is 10.7. The van der Waals surface area contributed by atoms with Gasteiger partial charge in [-0.1, -0.05) is 32.9 Å².